The van der Waals surface area contributed by atoms with Gasteiger partial charge >= 0.3 is 0 Å². The molecule has 0 aliphatic rings. The fraction of sp³-hybridized carbons (Fsp3) is 0.190. The van der Waals surface area contributed by atoms with Gasteiger partial charge < -0.3 is 9.52 Å². The van der Waals surface area contributed by atoms with Crippen LogP contribution in [0.4, 0.5) is 0 Å². The molecule has 1 unspecified atom stereocenters. The maximum Gasteiger partial charge on any atom is 0.133 e. The van der Waals surface area contributed by atoms with Gasteiger partial charge in [0.1, 0.15) is 11.9 Å². The van der Waals surface area contributed by atoms with E-state index in [0.717, 1.165) is 11.1 Å². The quantitative estimate of drug-likeness (QED) is 0.737. The Balaban J connectivity index is 1.99. The van der Waals surface area contributed by atoms with E-state index in [-0.39, 0.29) is 0 Å². The molecule has 1 heterocycles. The van der Waals surface area contributed by atoms with Crippen molar-refractivity contribution in [3.05, 3.63) is 95.9 Å². The van der Waals surface area contributed by atoms with Crippen molar-refractivity contribution in [2.24, 2.45) is 5.41 Å². The van der Waals surface area contributed by atoms with Crippen molar-refractivity contribution in [3.63, 3.8) is 0 Å². The predicted octanol–water partition coefficient (Wildman–Crippen LogP) is 4.31. The van der Waals surface area contributed by atoms with Gasteiger partial charge in [0.25, 0.3) is 0 Å². The van der Waals surface area contributed by atoms with Gasteiger partial charge in [-0.25, -0.2) is 0 Å². The van der Waals surface area contributed by atoms with Crippen LogP contribution in [0.5, 0.6) is 0 Å². The Hall–Kier alpha value is -2.83. The van der Waals surface area contributed by atoms with Crippen molar-refractivity contribution in [2.75, 3.05) is 0 Å². The van der Waals surface area contributed by atoms with E-state index < -0.39 is 11.5 Å². The number of aliphatic hydroxyl groups excluding tert-OH is 1. The molecule has 0 amide bonds. The van der Waals surface area contributed by atoms with Gasteiger partial charge in [-0.3, -0.25) is 0 Å². The summed E-state index contributed by atoms with van der Waals surface area (Å²) >= 11 is 0. The molecule has 1 N–H and O–H groups in total. The molecule has 0 fully saturated rings. The fourth-order valence-corrected chi connectivity index (χ4v) is 3.04. The first-order valence-corrected chi connectivity index (χ1v) is 7.94. The average Bonchev–Trinajstić information content (AvgIpc) is 3.17. The molecule has 3 rings (SSSR count). The van der Waals surface area contributed by atoms with Crippen molar-refractivity contribution >= 4 is 0 Å². The van der Waals surface area contributed by atoms with Crippen LogP contribution in [-0.2, 0) is 12.8 Å². The van der Waals surface area contributed by atoms with Crippen LogP contribution in [0.1, 0.15) is 23.0 Å². The zero-order valence-corrected chi connectivity index (χ0v) is 13.3. The Bertz CT molecular complexity index is 747. The smallest absolute Gasteiger partial charge is 0.133 e. The Morgan fingerprint density at radius 3 is 1.83 bits per heavy atom. The monoisotopic (exact) mass is 317 g/mol. The first kappa shape index (κ1) is 16.0. The zero-order chi connectivity index (χ0) is 16.8. The number of rotatable bonds is 6. The summed E-state index contributed by atoms with van der Waals surface area (Å²) in [4.78, 5) is 0. The maximum absolute atomic E-state index is 10.9. The number of nitriles is 1. The molecule has 2 aromatic carbocycles. The van der Waals surface area contributed by atoms with Crippen LogP contribution in [0.3, 0.4) is 0 Å². The summed E-state index contributed by atoms with van der Waals surface area (Å²) in [7, 11) is 0. The summed E-state index contributed by atoms with van der Waals surface area (Å²) in [6.07, 6.45) is 1.41. The van der Waals surface area contributed by atoms with Gasteiger partial charge in [-0.15, -0.1) is 0 Å². The standard InChI is InChI=1S/C21H19NO2/c22-16-21(14-17-8-3-1-4-9-17,15-18-10-5-2-6-11-18)20(23)19-12-7-13-24-19/h1-13,20,23H,14-15H2. The molecule has 1 atom stereocenters. The van der Waals surface area contributed by atoms with Crippen LogP contribution in [0.15, 0.2) is 83.5 Å². The molecular weight excluding hydrogens is 298 g/mol. The summed E-state index contributed by atoms with van der Waals surface area (Å²) < 4.78 is 5.38. The molecule has 3 aromatic rings. The number of nitrogens with zero attached hydrogens (tertiary/aromatic N) is 1. The Morgan fingerprint density at radius 1 is 0.875 bits per heavy atom. The van der Waals surface area contributed by atoms with Crippen LogP contribution < -0.4 is 0 Å². The van der Waals surface area contributed by atoms with Gasteiger partial charge in [0.2, 0.25) is 0 Å². The average molecular weight is 317 g/mol. The van der Waals surface area contributed by atoms with Crippen molar-refractivity contribution in [2.45, 2.75) is 18.9 Å². The Morgan fingerprint density at radius 2 is 1.42 bits per heavy atom. The van der Waals surface area contributed by atoms with E-state index in [2.05, 4.69) is 6.07 Å². The fourth-order valence-electron chi connectivity index (χ4n) is 3.04. The second-order valence-electron chi connectivity index (χ2n) is 6.01. The molecule has 0 aliphatic heterocycles. The van der Waals surface area contributed by atoms with E-state index in [1.165, 1.54) is 6.26 Å². The molecular formula is C21H19NO2. The summed E-state index contributed by atoms with van der Waals surface area (Å²) in [5.41, 5.74) is 1.03. The number of furan rings is 1. The highest BCUT2D eigenvalue weighted by atomic mass is 16.4. The molecule has 3 heteroatoms. The van der Waals surface area contributed by atoms with Crippen molar-refractivity contribution in [1.29, 1.82) is 5.26 Å². The largest absolute Gasteiger partial charge is 0.467 e. The van der Waals surface area contributed by atoms with Crippen molar-refractivity contribution in [3.8, 4) is 6.07 Å². The number of hydrogen-bond acceptors (Lipinski definition) is 3. The van der Waals surface area contributed by atoms with Gasteiger partial charge in [-0.1, -0.05) is 60.7 Å². The molecule has 0 saturated heterocycles. The van der Waals surface area contributed by atoms with E-state index in [4.69, 9.17) is 4.42 Å². The summed E-state index contributed by atoms with van der Waals surface area (Å²) in [6, 6.07) is 25.4. The normalized spacial score (nSPS) is 12.5. The van der Waals surface area contributed by atoms with Gasteiger partial charge in [0.05, 0.1) is 17.7 Å². The summed E-state index contributed by atoms with van der Waals surface area (Å²) in [6.45, 7) is 0. The Kier molecular flexibility index (Phi) is 4.79. The molecule has 0 aliphatic carbocycles. The van der Waals surface area contributed by atoms with Gasteiger partial charge in [0.15, 0.2) is 0 Å². The van der Waals surface area contributed by atoms with Crippen LogP contribution in [0.25, 0.3) is 0 Å². The number of hydrogen-bond donors (Lipinski definition) is 1. The first-order valence-electron chi connectivity index (χ1n) is 7.94. The highest BCUT2D eigenvalue weighted by Crippen LogP contribution is 2.40. The molecule has 0 bridgehead atoms. The minimum atomic E-state index is -1.00. The second-order valence-corrected chi connectivity index (χ2v) is 6.01. The van der Waals surface area contributed by atoms with Crippen molar-refractivity contribution in [1.82, 2.24) is 0 Å². The van der Waals surface area contributed by atoms with Gasteiger partial charge in [0, 0.05) is 0 Å². The van der Waals surface area contributed by atoms with Crippen LogP contribution in [0.2, 0.25) is 0 Å². The van der Waals surface area contributed by atoms with Crippen molar-refractivity contribution < 1.29 is 9.52 Å². The molecule has 24 heavy (non-hydrogen) atoms. The first-order chi connectivity index (χ1) is 11.7. The number of benzene rings is 2. The zero-order valence-electron chi connectivity index (χ0n) is 13.3. The molecule has 0 saturated carbocycles. The lowest BCUT2D eigenvalue weighted by molar-refractivity contribution is 0.0435. The van der Waals surface area contributed by atoms with Crippen LogP contribution >= 0.6 is 0 Å². The van der Waals surface area contributed by atoms with Gasteiger partial charge in [-0.05, 0) is 36.1 Å². The van der Waals surface area contributed by atoms with Crippen LogP contribution in [-0.4, -0.2) is 5.11 Å². The second kappa shape index (κ2) is 7.16. The maximum atomic E-state index is 10.9. The van der Waals surface area contributed by atoms with E-state index in [1.807, 2.05) is 60.7 Å². The van der Waals surface area contributed by atoms with Crippen LogP contribution in [0, 0.1) is 16.7 Å². The SMILES string of the molecule is N#CC(Cc1ccccc1)(Cc1ccccc1)C(O)c1ccco1. The highest BCUT2D eigenvalue weighted by Gasteiger charge is 2.41. The topological polar surface area (TPSA) is 57.2 Å². The highest BCUT2D eigenvalue weighted by molar-refractivity contribution is 5.27. The molecule has 1 aromatic heterocycles. The lowest BCUT2D eigenvalue weighted by atomic mass is 9.72. The minimum absolute atomic E-state index is 0.420. The van der Waals surface area contributed by atoms with E-state index >= 15 is 0 Å². The summed E-state index contributed by atoms with van der Waals surface area (Å²) in [5.74, 6) is 0.420. The predicted molar refractivity (Wildman–Crippen MR) is 92.0 cm³/mol. The van der Waals surface area contributed by atoms with E-state index in [0.29, 0.717) is 18.6 Å². The summed E-state index contributed by atoms with van der Waals surface area (Å²) in [5, 5.41) is 20.9. The third-order valence-electron chi connectivity index (χ3n) is 4.28. The minimum Gasteiger partial charge on any atom is -0.467 e. The van der Waals surface area contributed by atoms with E-state index in [1.54, 1.807) is 12.1 Å². The molecule has 0 spiro atoms. The molecule has 0 radical (unpaired) electrons. The lowest BCUT2D eigenvalue weighted by Crippen LogP contribution is -2.32. The molecule has 3 nitrogen and oxygen atoms in total. The Labute approximate surface area is 141 Å². The van der Waals surface area contributed by atoms with E-state index in [9.17, 15) is 10.4 Å². The third-order valence-corrected chi connectivity index (χ3v) is 4.28. The lowest BCUT2D eigenvalue weighted by Gasteiger charge is -2.31. The molecule has 120 valence electrons. The van der Waals surface area contributed by atoms with Gasteiger partial charge in [-0.2, -0.15) is 5.26 Å². The number of aliphatic hydroxyl groups is 1. The third kappa shape index (κ3) is 3.40.